The molecule has 130 valence electrons. The molecule has 2 N–H and O–H groups in total. The molecule has 4 rings (SSSR count). The molecule has 26 heavy (non-hydrogen) atoms. The largest absolute Gasteiger partial charge is 0.497 e. The Hall–Kier alpha value is -3.54. The summed E-state index contributed by atoms with van der Waals surface area (Å²) in [5.41, 5.74) is 2.66. The van der Waals surface area contributed by atoms with Crippen molar-refractivity contribution in [3.63, 3.8) is 0 Å². The number of methoxy groups -OCH3 is 2. The Kier molecular flexibility index (Phi) is 3.93. The zero-order valence-electron chi connectivity index (χ0n) is 14.4. The maximum Gasteiger partial charge on any atom is 0.272 e. The average molecular weight is 347 g/mol. The Balaban J connectivity index is 1.72. The number of benzene rings is 2. The summed E-state index contributed by atoms with van der Waals surface area (Å²) in [4.78, 5) is 20.3. The molecule has 0 aliphatic rings. The SMILES string of the molecule is COc1ccc(OC)c(NC(=O)c2cc3ccc4cccnc4c3[nH]2)c1. The molecule has 0 atom stereocenters. The first-order valence-corrected chi connectivity index (χ1v) is 8.09. The molecule has 6 heteroatoms. The molecule has 6 nitrogen and oxygen atoms in total. The maximum atomic E-state index is 12.7. The zero-order chi connectivity index (χ0) is 18.1. The Labute approximate surface area is 149 Å². The number of carbonyl (C=O) groups is 1. The maximum absolute atomic E-state index is 12.7. The second-order valence-corrected chi connectivity index (χ2v) is 5.81. The van der Waals surface area contributed by atoms with Crippen LogP contribution in [0.15, 0.2) is 54.7 Å². The summed E-state index contributed by atoms with van der Waals surface area (Å²) in [5.74, 6) is 0.923. The van der Waals surface area contributed by atoms with Crippen LogP contribution in [-0.4, -0.2) is 30.1 Å². The van der Waals surface area contributed by atoms with E-state index in [4.69, 9.17) is 9.47 Å². The summed E-state index contributed by atoms with van der Waals surface area (Å²) in [7, 11) is 3.13. The molecule has 0 saturated heterocycles. The summed E-state index contributed by atoms with van der Waals surface area (Å²) >= 11 is 0. The number of hydrogen-bond acceptors (Lipinski definition) is 4. The number of H-pyrrole nitrogens is 1. The second kappa shape index (κ2) is 6.40. The molecule has 0 bridgehead atoms. The van der Waals surface area contributed by atoms with Crippen LogP contribution in [0.2, 0.25) is 0 Å². The van der Waals surface area contributed by atoms with Crippen LogP contribution >= 0.6 is 0 Å². The molecule has 0 aliphatic carbocycles. The number of aromatic nitrogens is 2. The highest BCUT2D eigenvalue weighted by Gasteiger charge is 2.14. The molecule has 2 aromatic heterocycles. The molecule has 0 unspecified atom stereocenters. The van der Waals surface area contributed by atoms with Crippen molar-refractivity contribution in [2.75, 3.05) is 19.5 Å². The van der Waals surface area contributed by atoms with E-state index in [1.807, 2.05) is 30.3 Å². The van der Waals surface area contributed by atoms with E-state index in [0.717, 1.165) is 21.8 Å². The molecule has 0 saturated carbocycles. The predicted molar refractivity (Wildman–Crippen MR) is 101 cm³/mol. The van der Waals surface area contributed by atoms with Gasteiger partial charge in [0, 0.05) is 23.0 Å². The van der Waals surface area contributed by atoms with E-state index in [2.05, 4.69) is 15.3 Å². The second-order valence-electron chi connectivity index (χ2n) is 5.81. The molecular weight excluding hydrogens is 330 g/mol. The number of carbonyl (C=O) groups excluding carboxylic acids is 1. The van der Waals surface area contributed by atoms with Gasteiger partial charge >= 0.3 is 0 Å². The summed E-state index contributed by atoms with van der Waals surface area (Å²) < 4.78 is 10.5. The number of anilines is 1. The monoisotopic (exact) mass is 347 g/mol. The first-order chi connectivity index (χ1) is 12.7. The van der Waals surface area contributed by atoms with E-state index in [-0.39, 0.29) is 5.91 Å². The highest BCUT2D eigenvalue weighted by Crippen LogP contribution is 2.30. The van der Waals surface area contributed by atoms with Crippen molar-refractivity contribution in [1.29, 1.82) is 0 Å². The Morgan fingerprint density at radius 2 is 1.88 bits per heavy atom. The molecule has 0 fully saturated rings. The van der Waals surface area contributed by atoms with Crippen LogP contribution in [0, 0.1) is 0 Å². The van der Waals surface area contributed by atoms with Crippen LogP contribution in [-0.2, 0) is 0 Å². The van der Waals surface area contributed by atoms with Gasteiger partial charge in [-0.25, -0.2) is 0 Å². The number of ether oxygens (including phenoxy) is 2. The molecule has 2 heterocycles. The van der Waals surface area contributed by atoms with Crippen LogP contribution in [0.3, 0.4) is 0 Å². The number of nitrogens with one attached hydrogen (secondary N) is 2. The minimum absolute atomic E-state index is 0.267. The van der Waals surface area contributed by atoms with Crippen molar-refractivity contribution in [2.45, 2.75) is 0 Å². The van der Waals surface area contributed by atoms with Crippen LogP contribution in [0.4, 0.5) is 5.69 Å². The molecule has 0 spiro atoms. The van der Waals surface area contributed by atoms with Crippen molar-refractivity contribution in [1.82, 2.24) is 9.97 Å². The molecule has 2 aromatic carbocycles. The van der Waals surface area contributed by atoms with Gasteiger partial charge in [0.1, 0.15) is 17.2 Å². The van der Waals surface area contributed by atoms with Gasteiger partial charge in [0.15, 0.2) is 0 Å². The fourth-order valence-electron chi connectivity index (χ4n) is 2.96. The Morgan fingerprint density at radius 3 is 2.69 bits per heavy atom. The minimum atomic E-state index is -0.267. The highest BCUT2D eigenvalue weighted by atomic mass is 16.5. The summed E-state index contributed by atoms with van der Waals surface area (Å²) in [6, 6.07) is 14.9. The summed E-state index contributed by atoms with van der Waals surface area (Å²) in [6.45, 7) is 0. The lowest BCUT2D eigenvalue weighted by atomic mass is 10.1. The van der Waals surface area contributed by atoms with Gasteiger partial charge in [0.05, 0.1) is 30.9 Å². The normalized spacial score (nSPS) is 10.8. The average Bonchev–Trinajstić information content (AvgIpc) is 3.13. The Morgan fingerprint density at radius 1 is 1.04 bits per heavy atom. The van der Waals surface area contributed by atoms with Gasteiger partial charge in [-0.2, -0.15) is 0 Å². The van der Waals surface area contributed by atoms with Gasteiger partial charge in [0.25, 0.3) is 5.91 Å². The first-order valence-electron chi connectivity index (χ1n) is 8.09. The smallest absolute Gasteiger partial charge is 0.272 e. The number of fused-ring (bicyclic) bond motifs is 3. The van der Waals surface area contributed by atoms with Crippen LogP contribution in [0.25, 0.3) is 21.8 Å². The van der Waals surface area contributed by atoms with Crippen LogP contribution in [0.1, 0.15) is 10.5 Å². The molecule has 1 amide bonds. The Bertz CT molecular complexity index is 1120. The number of hydrogen-bond donors (Lipinski definition) is 2. The van der Waals surface area contributed by atoms with E-state index in [1.165, 1.54) is 0 Å². The van der Waals surface area contributed by atoms with Crippen molar-refractivity contribution in [3.8, 4) is 11.5 Å². The van der Waals surface area contributed by atoms with E-state index < -0.39 is 0 Å². The third kappa shape index (κ3) is 2.71. The van der Waals surface area contributed by atoms with Crippen molar-refractivity contribution < 1.29 is 14.3 Å². The summed E-state index contributed by atoms with van der Waals surface area (Å²) in [6.07, 6.45) is 1.74. The fourth-order valence-corrected chi connectivity index (χ4v) is 2.96. The predicted octanol–water partition coefficient (Wildman–Crippen LogP) is 3.99. The van der Waals surface area contributed by atoms with E-state index in [0.29, 0.717) is 22.9 Å². The van der Waals surface area contributed by atoms with Crippen LogP contribution in [0.5, 0.6) is 11.5 Å². The lowest BCUT2D eigenvalue weighted by Crippen LogP contribution is -2.13. The van der Waals surface area contributed by atoms with Crippen molar-refractivity contribution >= 4 is 33.4 Å². The van der Waals surface area contributed by atoms with Gasteiger partial charge in [-0.3, -0.25) is 9.78 Å². The first kappa shape index (κ1) is 16.0. The number of rotatable bonds is 4. The van der Waals surface area contributed by atoms with Gasteiger partial charge in [-0.1, -0.05) is 18.2 Å². The number of aromatic amines is 1. The summed E-state index contributed by atoms with van der Waals surface area (Å²) in [5, 5.41) is 4.81. The molecule has 0 radical (unpaired) electrons. The van der Waals surface area contributed by atoms with Gasteiger partial charge in [-0.15, -0.1) is 0 Å². The fraction of sp³-hybridized carbons (Fsp3) is 0.100. The van der Waals surface area contributed by atoms with Gasteiger partial charge in [0.2, 0.25) is 0 Å². The number of amides is 1. The van der Waals surface area contributed by atoms with Gasteiger partial charge < -0.3 is 19.8 Å². The quantitative estimate of drug-likeness (QED) is 0.585. The third-order valence-corrected chi connectivity index (χ3v) is 4.27. The topological polar surface area (TPSA) is 76.2 Å². The highest BCUT2D eigenvalue weighted by molar-refractivity contribution is 6.10. The van der Waals surface area contributed by atoms with Crippen LogP contribution < -0.4 is 14.8 Å². The minimum Gasteiger partial charge on any atom is -0.497 e. The molecule has 4 aromatic rings. The standard InChI is InChI=1S/C20H17N3O3/c1-25-14-7-8-17(26-2)15(11-14)23-20(24)16-10-13-6-5-12-4-3-9-21-18(12)19(13)22-16/h3-11,22H,1-2H3,(H,23,24). The van der Waals surface area contributed by atoms with E-state index in [9.17, 15) is 4.79 Å². The van der Waals surface area contributed by atoms with E-state index >= 15 is 0 Å². The lowest BCUT2D eigenvalue weighted by Gasteiger charge is -2.11. The number of nitrogens with zero attached hydrogens (tertiary/aromatic N) is 1. The third-order valence-electron chi connectivity index (χ3n) is 4.27. The molecule has 0 aliphatic heterocycles. The zero-order valence-corrected chi connectivity index (χ0v) is 14.4. The van der Waals surface area contributed by atoms with Gasteiger partial charge in [-0.05, 0) is 24.3 Å². The van der Waals surface area contributed by atoms with E-state index in [1.54, 1.807) is 38.6 Å². The number of pyridine rings is 1. The molecular formula is C20H17N3O3. The van der Waals surface area contributed by atoms with Crippen molar-refractivity contribution in [2.24, 2.45) is 0 Å². The van der Waals surface area contributed by atoms with Crippen molar-refractivity contribution in [3.05, 3.63) is 60.4 Å². The lowest BCUT2D eigenvalue weighted by molar-refractivity contribution is 0.102.